The van der Waals surface area contributed by atoms with E-state index in [9.17, 15) is 14.0 Å². The lowest BCUT2D eigenvalue weighted by atomic mass is 10.1. The molecule has 0 unspecified atom stereocenters. The lowest BCUT2D eigenvalue weighted by Crippen LogP contribution is -2.50. The number of nitrogens with zero attached hydrogens (tertiary/aromatic N) is 2. The molecule has 0 radical (unpaired) electrons. The summed E-state index contributed by atoms with van der Waals surface area (Å²) in [6, 6.07) is 7.79. The van der Waals surface area contributed by atoms with Crippen LogP contribution in [0.15, 0.2) is 41.8 Å². The molecule has 2 aromatic rings. The van der Waals surface area contributed by atoms with E-state index >= 15 is 0 Å². The fourth-order valence-corrected chi connectivity index (χ4v) is 3.40. The molecule has 7 heteroatoms. The van der Waals surface area contributed by atoms with Gasteiger partial charge in [0.05, 0.1) is 5.56 Å². The van der Waals surface area contributed by atoms with Crippen LogP contribution in [0.5, 0.6) is 0 Å². The molecule has 25 heavy (non-hydrogen) atoms. The van der Waals surface area contributed by atoms with Crippen LogP contribution in [-0.2, 0) is 4.79 Å². The van der Waals surface area contributed by atoms with Crippen molar-refractivity contribution in [3.05, 3.63) is 63.1 Å². The zero-order chi connectivity index (χ0) is 17.8. The summed E-state index contributed by atoms with van der Waals surface area (Å²) in [5, 5.41) is 2.26. The first-order chi connectivity index (χ1) is 12.0. The highest BCUT2D eigenvalue weighted by Crippen LogP contribution is 2.18. The van der Waals surface area contributed by atoms with Gasteiger partial charge in [-0.1, -0.05) is 17.7 Å². The number of hydrogen-bond donors (Lipinski definition) is 0. The molecule has 2 heterocycles. The van der Waals surface area contributed by atoms with Crippen LogP contribution in [0.4, 0.5) is 4.39 Å². The first kappa shape index (κ1) is 17.6. The zero-order valence-electron chi connectivity index (χ0n) is 13.3. The van der Waals surface area contributed by atoms with E-state index in [1.165, 1.54) is 18.2 Å². The largest absolute Gasteiger partial charge is 0.336 e. The Morgan fingerprint density at radius 2 is 1.84 bits per heavy atom. The molecule has 1 aliphatic heterocycles. The summed E-state index contributed by atoms with van der Waals surface area (Å²) in [5.74, 6) is -1.08. The number of halogens is 2. The van der Waals surface area contributed by atoms with E-state index in [-0.39, 0.29) is 11.5 Å². The molecule has 1 aromatic carbocycles. The monoisotopic (exact) mass is 378 g/mol. The molecule has 0 saturated carbocycles. The molecule has 1 aromatic heterocycles. The van der Waals surface area contributed by atoms with E-state index in [2.05, 4.69) is 0 Å². The fourth-order valence-electron chi connectivity index (χ4n) is 2.61. The molecule has 1 saturated heterocycles. The van der Waals surface area contributed by atoms with Gasteiger partial charge in [0, 0.05) is 42.2 Å². The average Bonchev–Trinajstić information content (AvgIpc) is 3.15. The van der Waals surface area contributed by atoms with Crippen molar-refractivity contribution in [2.75, 3.05) is 26.2 Å². The normalized spacial score (nSPS) is 15.0. The second kappa shape index (κ2) is 7.80. The third-order valence-electron chi connectivity index (χ3n) is 3.97. The van der Waals surface area contributed by atoms with Crippen molar-refractivity contribution >= 4 is 40.8 Å². The number of carbonyl (C=O) groups excluding carboxylic acids is 2. The minimum Gasteiger partial charge on any atom is -0.336 e. The molecule has 0 atom stereocenters. The van der Waals surface area contributed by atoms with Gasteiger partial charge in [-0.3, -0.25) is 9.59 Å². The smallest absolute Gasteiger partial charge is 0.257 e. The number of thiophene rings is 1. The molecule has 1 fully saturated rings. The van der Waals surface area contributed by atoms with E-state index in [0.717, 1.165) is 4.88 Å². The Balaban J connectivity index is 1.59. The highest BCUT2D eigenvalue weighted by molar-refractivity contribution is 7.10. The highest BCUT2D eigenvalue weighted by Gasteiger charge is 2.25. The molecule has 2 amide bonds. The SMILES string of the molecule is O=C(/C=C/c1cccs1)N1CCN(C(=O)c2cc(Cl)ccc2F)CC1. The Kier molecular flexibility index (Phi) is 5.50. The van der Waals surface area contributed by atoms with Gasteiger partial charge in [0.1, 0.15) is 5.82 Å². The van der Waals surface area contributed by atoms with E-state index in [1.54, 1.807) is 33.3 Å². The zero-order valence-corrected chi connectivity index (χ0v) is 14.9. The number of benzene rings is 1. The van der Waals surface area contributed by atoms with Crippen LogP contribution in [0.1, 0.15) is 15.2 Å². The minimum atomic E-state index is -0.591. The predicted molar refractivity (Wildman–Crippen MR) is 97.2 cm³/mol. The fraction of sp³-hybridized carbons (Fsp3) is 0.222. The van der Waals surface area contributed by atoms with E-state index in [1.807, 2.05) is 17.5 Å². The maximum atomic E-state index is 13.8. The summed E-state index contributed by atoms with van der Waals surface area (Å²) in [6.45, 7) is 1.57. The molecule has 0 N–H and O–H groups in total. The van der Waals surface area contributed by atoms with Crippen LogP contribution in [0, 0.1) is 5.82 Å². The van der Waals surface area contributed by atoms with Crippen LogP contribution in [0.3, 0.4) is 0 Å². The van der Waals surface area contributed by atoms with Gasteiger partial charge >= 0.3 is 0 Å². The molecule has 0 bridgehead atoms. The Labute approximate surface area is 154 Å². The van der Waals surface area contributed by atoms with E-state index < -0.39 is 11.7 Å². The van der Waals surface area contributed by atoms with Crippen LogP contribution in [0.2, 0.25) is 5.02 Å². The van der Waals surface area contributed by atoms with Crippen molar-refractivity contribution < 1.29 is 14.0 Å². The summed E-state index contributed by atoms with van der Waals surface area (Å²) in [7, 11) is 0. The molecule has 3 rings (SSSR count). The van der Waals surface area contributed by atoms with Gasteiger partial charge in [-0.25, -0.2) is 4.39 Å². The van der Waals surface area contributed by atoms with Gasteiger partial charge in [0.15, 0.2) is 0 Å². The van der Waals surface area contributed by atoms with Gasteiger partial charge in [-0.15, -0.1) is 11.3 Å². The van der Waals surface area contributed by atoms with Crippen molar-refractivity contribution in [1.82, 2.24) is 9.80 Å². The molecule has 130 valence electrons. The Hall–Kier alpha value is -2.18. The lowest BCUT2D eigenvalue weighted by Gasteiger charge is -2.34. The van der Waals surface area contributed by atoms with Crippen LogP contribution in [-0.4, -0.2) is 47.8 Å². The van der Waals surface area contributed by atoms with Gasteiger partial charge in [-0.05, 0) is 35.7 Å². The molecule has 0 spiro atoms. The third-order valence-corrected chi connectivity index (χ3v) is 5.04. The van der Waals surface area contributed by atoms with Crippen LogP contribution in [0.25, 0.3) is 6.08 Å². The van der Waals surface area contributed by atoms with Gasteiger partial charge < -0.3 is 9.80 Å². The van der Waals surface area contributed by atoms with Crippen molar-refractivity contribution in [3.8, 4) is 0 Å². The van der Waals surface area contributed by atoms with Crippen LogP contribution < -0.4 is 0 Å². The highest BCUT2D eigenvalue weighted by atomic mass is 35.5. The summed E-state index contributed by atoms with van der Waals surface area (Å²) < 4.78 is 13.8. The van der Waals surface area contributed by atoms with Crippen molar-refractivity contribution in [1.29, 1.82) is 0 Å². The average molecular weight is 379 g/mol. The molecular weight excluding hydrogens is 363 g/mol. The standard InChI is InChI=1S/C18H16ClFN2O2S/c19-13-3-5-16(20)15(12-13)18(24)22-9-7-21(8-10-22)17(23)6-4-14-2-1-11-25-14/h1-6,11-12H,7-10H2/b6-4+. The maximum absolute atomic E-state index is 13.8. The molecular formula is C18H16ClFN2O2S. The number of amides is 2. The van der Waals surface area contributed by atoms with Crippen molar-refractivity contribution in [2.45, 2.75) is 0 Å². The summed E-state index contributed by atoms with van der Waals surface area (Å²) >= 11 is 7.40. The predicted octanol–water partition coefficient (Wildman–Crippen LogP) is 3.54. The third kappa shape index (κ3) is 4.27. The van der Waals surface area contributed by atoms with E-state index in [0.29, 0.717) is 31.2 Å². The van der Waals surface area contributed by atoms with E-state index in [4.69, 9.17) is 11.6 Å². The second-order valence-electron chi connectivity index (χ2n) is 5.59. The number of carbonyl (C=O) groups is 2. The second-order valence-corrected chi connectivity index (χ2v) is 7.01. The van der Waals surface area contributed by atoms with Crippen LogP contribution >= 0.6 is 22.9 Å². The number of rotatable bonds is 3. The number of piperazine rings is 1. The molecule has 4 nitrogen and oxygen atoms in total. The quantitative estimate of drug-likeness (QED) is 0.766. The Morgan fingerprint density at radius 3 is 2.52 bits per heavy atom. The Morgan fingerprint density at radius 1 is 1.12 bits per heavy atom. The summed E-state index contributed by atoms with van der Waals surface area (Å²) in [6.07, 6.45) is 3.33. The first-order valence-corrected chi connectivity index (χ1v) is 9.05. The van der Waals surface area contributed by atoms with Gasteiger partial charge in [-0.2, -0.15) is 0 Å². The molecule has 1 aliphatic rings. The lowest BCUT2D eigenvalue weighted by molar-refractivity contribution is -0.127. The maximum Gasteiger partial charge on any atom is 0.257 e. The topological polar surface area (TPSA) is 40.6 Å². The first-order valence-electron chi connectivity index (χ1n) is 7.79. The van der Waals surface area contributed by atoms with Gasteiger partial charge in [0.25, 0.3) is 5.91 Å². The molecule has 0 aliphatic carbocycles. The van der Waals surface area contributed by atoms with Crippen molar-refractivity contribution in [2.24, 2.45) is 0 Å². The van der Waals surface area contributed by atoms with Gasteiger partial charge in [0.2, 0.25) is 5.91 Å². The number of hydrogen-bond acceptors (Lipinski definition) is 3. The van der Waals surface area contributed by atoms with Crippen molar-refractivity contribution in [3.63, 3.8) is 0 Å². The summed E-state index contributed by atoms with van der Waals surface area (Å²) in [5.41, 5.74) is -0.0372. The Bertz CT molecular complexity index is 799. The summed E-state index contributed by atoms with van der Waals surface area (Å²) in [4.78, 5) is 28.9. The minimum absolute atomic E-state index is 0.0372.